The Balaban J connectivity index is 1.54. The number of aromatic amines is 1. The van der Waals surface area contributed by atoms with E-state index in [1.165, 1.54) is 24.5 Å². The summed E-state index contributed by atoms with van der Waals surface area (Å²) in [7, 11) is -3.88. The van der Waals surface area contributed by atoms with Gasteiger partial charge in [0.2, 0.25) is 5.95 Å². The van der Waals surface area contributed by atoms with Crippen LogP contribution in [0.4, 0.5) is 11.6 Å². The topological polar surface area (TPSA) is 135 Å². The van der Waals surface area contributed by atoms with Crippen LogP contribution in [0.5, 0.6) is 11.5 Å². The molecular formula is C17H15N5O5S. The summed E-state index contributed by atoms with van der Waals surface area (Å²) < 4.78 is 38.7. The molecule has 1 amide bonds. The minimum atomic E-state index is -3.88. The van der Waals surface area contributed by atoms with E-state index in [0.717, 1.165) is 0 Å². The lowest BCUT2D eigenvalue weighted by atomic mass is 10.2. The Kier molecular flexibility index (Phi) is 4.57. The summed E-state index contributed by atoms with van der Waals surface area (Å²) in [5.74, 6) is 0.593. The molecule has 0 aliphatic carbocycles. The van der Waals surface area contributed by atoms with Crippen LogP contribution in [-0.4, -0.2) is 42.7 Å². The van der Waals surface area contributed by atoms with E-state index in [0.29, 0.717) is 24.7 Å². The standard InChI is InChI=1S/C17H15N5O5S/c23-16(20-17-18-10-19-21-17)11-2-1-3-12(8-11)22-28(24,25)13-4-5-14-15(9-13)27-7-6-26-14/h1-5,8-10,22H,6-7H2,(H2,18,19,20,21,23). The van der Waals surface area contributed by atoms with Gasteiger partial charge in [-0.05, 0) is 30.3 Å². The third-order valence-corrected chi connectivity index (χ3v) is 5.23. The number of amides is 1. The van der Waals surface area contributed by atoms with Gasteiger partial charge >= 0.3 is 0 Å². The molecule has 10 nitrogen and oxygen atoms in total. The van der Waals surface area contributed by atoms with Gasteiger partial charge in [0.05, 0.1) is 4.90 Å². The van der Waals surface area contributed by atoms with Gasteiger partial charge in [0, 0.05) is 17.3 Å². The first-order valence-electron chi connectivity index (χ1n) is 8.20. The smallest absolute Gasteiger partial charge is 0.262 e. The fourth-order valence-corrected chi connectivity index (χ4v) is 3.64. The predicted octanol–water partition coefficient (Wildman–Crippen LogP) is 1.63. The number of sulfonamides is 1. The van der Waals surface area contributed by atoms with Crippen molar-refractivity contribution in [2.45, 2.75) is 4.90 Å². The minimum Gasteiger partial charge on any atom is -0.486 e. The highest BCUT2D eigenvalue weighted by atomic mass is 32.2. The molecule has 3 N–H and O–H groups in total. The Morgan fingerprint density at radius 1 is 1.07 bits per heavy atom. The van der Waals surface area contributed by atoms with Crippen LogP contribution in [0.2, 0.25) is 0 Å². The molecule has 2 heterocycles. The van der Waals surface area contributed by atoms with Crippen molar-refractivity contribution in [1.29, 1.82) is 0 Å². The number of ether oxygens (including phenoxy) is 2. The largest absolute Gasteiger partial charge is 0.486 e. The third-order valence-electron chi connectivity index (χ3n) is 3.85. The van der Waals surface area contributed by atoms with Gasteiger partial charge in [-0.15, -0.1) is 0 Å². The van der Waals surface area contributed by atoms with Gasteiger partial charge < -0.3 is 9.47 Å². The molecule has 1 aliphatic heterocycles. The quantitative estimate of drug-likeness (QED) is 0.591. The van der Waals surface area contributed by atoms with Crippen molar-refractivity contribution >= 4 is 27.6 Å². The molecule has 2 aromatic carbocycles. The number of nitrogens with zero attached hydrogens (tertiary/aromatic N) is 2. The average molecular weight is 401 g/mol. The first-order valence-corrected chi connectivity index (χ1v) is 9.69. The highest BCUT2D eigenvalue weighted by Gasteiger charge is 2.20. The number of hydrogen-bond donors (Lipinski definition) is 3. The van der Waals surface area contributed by atoms with Crippen molar-refractivity contribution in [2.24, 2.45) is 0 Å². The summed E-state index contributed by atoms with van der Waals surface area (Å²) >= 11 is 0. The van der Waals surface area contributed by atoms with Gasteiger partial charge in [0.15, 0.2) is 11.5 Å². The third kappa shape index (κ3) is 3.74. The van der Waals surface area contributed by atoms with Crippen molar-refractivity contribution in [3.8, 4) is 11.5 Å². The highest BCUT2D eigenvalue weighted by molar-refractivity contribution is 7.92. The number of benzene rings is 2. The Morgan fingerprint density at radius 2 is 1.89 bits per heavy atom. The first kappa shape index (κ1) is 17.8. The summed E-state index contributed by atoms with van der Waals surface area (Å²) in [6.45, 7) is 0.770. The summed E-state index contributed by atoms with van der Waals surface area (Å²) in [6.07, 6.45) is 1.26. The lowest BCUT2D eigenvalue weighted by Gasteiger charge is -2.19. The molecule has 1 aliphatic rings. The molecule has 3 aromatic rings. The van der Waals surface area contributed by atoms with Gasteiger partial charge in [-0.25, -0.2) is 13.5 Å². The molecule has 0 spiro atoms. The molecule has 1 aromatic heterocycles. The van der Waals surface area contributed by atoms with Gasteiger partial charge in [-0.2, -0.15) is 10.1 Å². The van der Waals surface area contributed by atoms with E-state index in [1.807, 2.05) is 0 Å². The van der Waals surface area contributed by atoms with Crippen LogP contribution in [0.1, 0.15) is 10.4 Å². The zero-order valence-electron chi connectivity index (χ0n) is 14.4. The van der Waals surface area contributed by atoms with Crippen LogP contribution in [0.15, 0.2) is 53.7 Å². The van der Waals surface area contributed by atoms with Gasteiger partial charge in [-0.3, -0.25) is 14.8 Å². The molecule has 0 atom stereocenters. The van der Waals surface area contributed by atoms with Crippen LogP contribution in [0, 0.1) is 0 Å². The number of hydrogen-bond acceptors (Lipinski definition) is 7. The molecule has 0 unspecified atom stereocenters. The Morgan fingerprint density at radius 3 is 2.68 bits per heavy atom. The number of aromatic nitrogens is 3. The van der Waals surface area contributed by atoms with E-state index in [2.05, 4.69) is 25.2 Å². The molecule has 144 valence electrons. The van der Waals surface area contributed by atoms with E-state index in [-0.39, 0.29) is 22.1 Å². The molecule has 0 fully saturated rings. The molecule has 0 bridgehead atoms. The molecular weight excluding hydrogens is 386 g/mol. The molecule has 0 saturated heterocycles. The van der Waals surface area contributed by atoms with E-state index in [9.17, 15) is 13.2 Å². The molecule has 28 heavy (non-hydrogen) atoms. The zero-order valence-corrected chi connectivity index (χ0v) is 15.2. The number of rotatable bonds is 5. The van der Waals surface area contributed by atoms with Crippen molar-refractivity contribution in [3.05, 3.63) is 54.4 Å². The van der Waals surface area contributed by atoms with Gasteiger partial charge in [0.1, 0.15) is 19.5 Å². The number of anilines is 2. The molecule has 11 heteroatoms. The van der Waals surface area contributed by atoms with Crippen molar-refractivity contribution in [3.63, 3.8) is 0 Å². The molecule has 0 saturated carbocycles. The summed E-state index contributed by atoms with van der Waals surface area (Å²) in [6, 6.07) is 10.4. The van der Waals surface area contributed by atoms with Crippen LogP contribution in [-0.2, 0) is 10.0 Å². The molecule has 0 radical (unpaired) electrons. The average Bonchev–Trinajstić information content (AvgIpc) is 3.20. The summed E-state index contributed by atoms with van der Waals surface area (Å²) in [5.41, 5.74) is 0.485. The predicted molar refractivity (Wildman–Crippen MR) is 99.0 cm³/mol. The van der Waals surface area contributed by atoms with E-state index in [4.69, 9.17) is 9.47 Å². The van der Waals surface area contributed by atoms with Crippen molar-refractivity contribution in [2.75, 3.05) is 23.3 Å². The van der Waals surface area contributed by atoms with Crippen LogP contribution in [0.25, 0.3) is 0 Å². The fourth-order valence-electron chi connectivity index (χ4n) is 2.57. The Labute approximate surface area is 160 Å². The maximum Gasteiger partial charge on any atom is 0.262 e. The number of nitrogens with one attached hydrogen (secondary N) is 3. The monoisotopic (exact) mass is 401 g/mol. The summed E-state index contributed by atoms with van der Waals surface area (Å²) in [5, 5.41) is 8.67. The maximum absolute atomic E-state index is 12.7. The fraction of sp³-hybridized carbons (Fsp3) is 0.118. The van der Waals surface area contributed by atoms with Crippen LogP contribution in [0.3, 0.4) is 0 Å². The van der Waals surface area contributed by atoms with Crippen LogP contribution < -0.4 is 19.5 Å². The van der Waals surface area contributed by atoms with Crippen LogP contribution >= 0.6 is 0 Å². The van der Waals surface area contributed by atoms with E-state index >= 15 is 0 Å². The second-order valence-corrected chi connectivity index (χ2v) is 7.46. The van der Waals surface area contributed by atoms with Crippen molar-refractivity contribution < 1.29 is 22.7 Å². The summed E-state index contributed by atoms with van der Waals surface area (Å²) in [4.78, 5) is 16.1. The minimum absolute atomic E-state index is 0.0215. The van der Waals surface area contributed by atoms with E-state index in [1.54, 1.807) is 24.3 Å². The first-order chi connectivity index (χ1) is 13.5. The number of carbonyl (C=O) groups is 1. The Bertz CT molecular complexity index is 1110. The lowest BCUT2D eigenvalue weighted by Crippen LogP contribution is -2.18. The molecule has 4 rings (SSSR count). The van der Waals surface area contributed by atoms with E-state index < -0.39 is 15.9 Å². The van der Waals surface area contributed by atoms with Crippen molar-refractivity contribution in [1.82, 2.24) is 15.2 Å². The second-order valence-electron chi connectivity index (χ2n) is 5.78. The number of H-pyrrole nitrogens is 1. The second kappa shape index (κ2) is 7.19. The normalized spacial score (nSPS) is 13.0. The lowest BCUT2D eigenvalue weighted by molar-refractivity contribution is 0.102. The number of fused-ring (bicyclic) bond motifs is 1. The van der Waals surface area contributed by atoms with Gasteiger partial charge in [-0.1, -0.05) is 6.07 Å². The maximum atomic E-state index is 12.7. The highest BCUT2D eigenvalue weighted by Crippen LogP contribution is 2.32. The SMILES string of the molecule is O=C(Nc1ncn[nH]1)c1cccc(NS(=O)(=O)c2ccc3c(c2)OCCO3)c1. The van der Waals surface area contributed by atoms with Gasteiger partial charge in [0.25, 0.3) is 15.9 Å². The Hall–Kier alpha value is -3.60. The zero-order chi connectivity index (χ0) is 19.6. The number of carbonyl (C=O) groups excluding carboxylic acids is 1.